The van der Waals surface area contributed by atoms with Crippen LogP contribution in [0.4, 0.5) is 10.1 Å². The molecule has 0 unspecified atom stereocenters. The Morgan fingerprint density at radius 2 is 1.72 bits per heavy atom. The highest BCUT2D eigenvalue weighted by Gasteiger charge is 2.12. The van der Waals surface area contributed by atoms with Crippen LogP contribution in [-0.4, -0.2) is 10.5 Å². The van der Waals surface area contributed by atoms with Gasteiger partial charge in [-0.2, -0.15) is 0 Å². The number of pyridine rings is 1. The minimum absolute atomic E-state index is 0.0855. The van der Waals surface area contributed by atoms with Crippen molar-refractivity contribution in [3.63, 3.8) is 0 Å². The van der Waals surface area contributed by atoms with E-state index in [1.165, 1.54) is 22.8 Å². The van der Waals surface area contributed by atoms with Crippen molar-refractivity contribution in [2.75, 3.05) is 5.32 Å². The predicted molar refractivity (Wildman–Crippen MR) is 96.2 cm³/mol. The van der Waals surface area contributed by atoms with Gasteiger partial charge in [0.05, 0.1) is 0 Å². The summed E-state index contributed by atoms with van der Waals surface area (Å²) in [5, 5.41) is 2.71. The summed E-state index contributed by atoms with van der Waals surface area (Å²) in [5.41, 5.74) is 2.68. The van der Waals surface area contributed by atoms with Gasteiger partial charge in [0.25, 0.3) is 11.5 Å². The Kier molecular flexibility index (Phi) is 4.48. The summed E-state index contributed by atoms with van der Waals surface area (Å²) in [6.45, 7) is 1.80. The summed E-state index contributed by atoms with van der Waals surface area (Å²) in [4.78, 5) is 24.5. The van der Waals surface area contributed by atoms with E-state index in [1.807, 2.05) is 6.07 Å². The summed E-state index contributed by atoms with van der Waals surface area (Å²) >= 11 is 0. The molecule has 0 spiro atoms. The van der Waals surface area contributed by atoms with Gasteiger partial charge >= 0.3 is 0 Å². The molecule has 0 saturated carbocycles. The van der Waals surface area contributed by atoms with Crippen LogP contribution in [0, 0.1) is 12.7 Å². The third-order valence-electron chi connectivity index (χ3n) is 4.10. The lowest BCUT2D eigenvalue weighted by atomic mass is 10.1. The van der Waals surface area contributed by atoms with Crippen LogP contribution in [0.5, 0.6) is 0 Å². The predicted octanol–water partition coefficient (Wildman–Crippen LogP) is 3.75. The lowest BCUT2D eigenvalue weighted by Gasteiger charge is -2.09. The van der Waals surface area contributed by atoms with Gasteiger partial charge < -0.3 is 9.88 Å². The van der Waals surface area contributed by atoms with E-state index in [9.17, 15) is 14.0 Å². The number of nitrogens with one attached hydrogen (secondary N) is 1. The Morgan fingerprint density at radius 1 is 1.00 bits per heavy atom. The molecule has 0 aliphatic carbocycles. The van der Waals surface area contributed by atoms with Crippen molar-refractivity contribution in [2.24, 2.45) is 7.05 Å². The van der Waals surface area contributed by atoms with Crippen molar-refractivity contribution in [1.29, 1.82) is 0 Å². The molecule has 0 atom stereocenters. The largest absolute Gasteiger partial charge is 0.322 e. The number of amides is 1. The van der Waals surface area contributed by atoms with Gasteiger partial charge in [0.1, 0.15) is 11.4 Å². The Balaban J connectivity index is 1.81. The summed E-state index contributed by atoms with van der Waals surface area (Å²) in [5.74, 6) is -0.760. The fraction of sp³-hybridized carbons (Fsp3) is 0.100. The van der Waals surface area contributed by atoms with E-state index < -0.39 is 5.91 Å². The molecular weight excluding hydrogens is 319 g/mol. The lowest BCUT2D eigenvalue weighted by Crippen LogP contribution is -2.28. The minimum Gasteiger partial charge on any atom is -0.322 e. The number of aromatic nitrogens is 1. The summed E-state index contributed by atoms with van der Waals surface area (Å²) < 4.78 is 14.7. The first kappa shape index (κ1) is 16.6. The number of carbonyl (C=O) groups excluding carboxylic acids is 1. The number of carbonyl (C=O) groups is 1. The Labute approximate surface area is 144 Å². The molecule has 126 valence electrons. The Morgan fingerprint density at radius 3 is 2.40 bits per heavy atom. The zero-order chi connectivity index (χ0) is 18.0. The van der Waals surface area contributed by atoms with Gasteiger partial charge in [-0.1, -0.05) is 24.3 Å². The molecule has 3 rings (SSSR count). The van der Waals surface area contributed by atoms with E-state index in [0.29, 0.717) is 5.69 Å². The number of halogens is 1. The standard InChI is InChI=1S/C20H17FN2O2/c1-13-6-11-18(20(25)23(13)2)19(24)22-17-9-7-14(8-10-17)15-4-3-5-16(21)12-15/h3-12H,1-2H3,(H,22,24). The van der Waals surface area contributed by atoms with Gasteiger partial charge in [-0.3, -0.25) is 9.59 Å². The molecule has 4 nitrogen and oxygen atoms in total. The quantitative estimate of drug-likeness (QED) is 0.792. The minimum atomic E-state index is -0.459. The van der Waals surface area contributed by atoms with Crippen molar-refractivity contribution in [1.82, 2.24) is 4.57 Å². The van der Waals surface area contributed by atoms with Crippen LogP contribution >= 0.6 is 0 Å². The molecule has 0 fully saturated rings. The summed E-state index contributed by atoms with van der Waals surface area (Å²) in [6, 6.07) is 16.6. The highest BCUT2D eigenvalue weighted by atomic mass is 19.1. The molecule has 1 amide bonds. The third kappa shape index (κ3) is 3.50. The van der Waals surface area contributed by atoms with Crippen LogP contribution in [0.25, 0.3) is 11.1 Å². The smallest absolute Gasteiger partial charge is 0.263 e. The molecule has 0 saturated heterocycles. The van der Waals surface area contributed by atoms with E-state index >= 15 is 0 Å². The maximum Gasteiger partial charge on any atom is 0.263 e. The molecule has 1 heterocycles. The van der Waals surface area contributed by atoms with Gasteiger partial charge in [0.15, 0.2) is 0 Å². The van der Waals surface area contributed by atoms with Crippen LogP contribution in [0.3, 0.4) is 0 Å². The van der Waals surface area contributed by atoms with Gasteiger partial charge in [0, 0.05) is 18.4 Å². The van der Waals surface area contributed by atoms with Crippen molar-refractivity contribution in [2.45, 2.75) is 6.92 Å². The molecule has 0 aliphatic rings. The normalized spacial score (nSPS) is 10.5. The highest BCUT2D eigenvalue weighted by molar-refractivity contribution is 6.04. The first-order valence-corrected chi connectivity index (χ1v) is 7.80. The van der Waals surface area contributed by atoms with Crippen molar-refractivity contribution < 1.29 is 9.18 Å². The number of benzene rings is 2. The molecule has 2 aromatic carbocycles. The van der Waals surface area contributed by atoms with E-state index in [-0.39, 0.29) is 16.9 Å². The topological polar surface area (TPSA) is 51.1 Å². The average molecular weight is 336 g/mol. The number of hydrogen-bond donors (Lipinski definition) is 1. The second-order valence-electron chi connectivity index (χ2n) is 5.79. The Bertz CT molecular complexity index is 991. The SMILES string of the molecule is Cc1ccc(C(=O)Nc2ccc(-c3cccc(F)c3)cc2)c(=O)n1C. The molecule has 1 aromatic heterocycles. The summed E-state index contributed by atoms with van der Waals surface area (Å²) in [6.07, 6.45) is 0. The Hall–Kier alpha value is -3.21. The van der Waals surface area contributed by atoms with Crippen LogP contribution in [-0.2, 0) is 7.05 Å². The van der Waals surface area contributed by atoms with Crippen molar-refractivity contribution in [3.8, 4) is 11.1 Å². The van der Waals surface area contributed by atoms with Crippen LogP contribution in [0.15, 0.2) is 65.5 Å². The average Bonchev–Trinajstić information content (AvgIpc) is 2.60. The summed E-state index contributed by atoms with van der Waals surface area (Å²) in [7, 11) is 1.63. The number of hydrogen-bond acceptors (Lipinski definition) is 2. The van der Waals surface area contributed by atoms with Crippen LogP contribution in [0.2, 0.25) is 0 Å². The molecule has 0 aliphatic heterocycles. The first-order valence-electron chi connectivity index (χ1n) is 7.80. The van der Waals surface area contributed by atoms with Crippen molar-refractivity contribution in [3.05, 3.63) is 88.1 Å². The van der Waals surface area contributed by atoms with Crippen LogP contribution in [0.1, 0.15) is 16.1 Å². The molecular formula is C20H17FN2O2. The van der Waals surface area contributed by atoms with Gasteiger partial charge in [-0.15, -0.1) is 0 Å². The zero-order valence-corrected chi connectivity index (χ0v) is 13.9. The number of nitrogens with zero attached hydrogens (tertiary/aromatic N) is 1. The van der Waals surface area contributed by atoms with E-state index in [2.05, 4.69) is 5.32 Å². The van der Waals surface area contributed by atoms with E-state index in [1.54, 1.807) is 50.4 Å². The molecule has 5 heteroatoms. The number of anilines is 1. The second-order valence-corrected chi connectivity index (χ2v) is 5.79. The zero-order valence-electron chi connectivity index (χ0n) is 13.9. The van der Waals surface area contributed by atoms with Crippen molar-refractivity contribution >= 4 is 11.6 Å². The molecule has 0 bridgehead atoms. The van der Waals surface area contributed by atoms with Gasteiger partial charge in [-0.25, -0.2) is 4.39 Å². The molecule has 1 N–H and O–H groups in total. The van der Waals surface area contributed by atoms with Gasteiger partial charge in [0.2, 0.25) is 0 Å². The lowest BCUT2D eigenvalue weighted by molar-refractivity contribution is 0.102. The first-order chi connectivity index (χ1) is 12.0. The maximum absolute atomic E-state index is 13.3. The molecule has 0 radical (unpaired) electrons. The second kappa shape index (κ2) is 6.73. The van der Waals surface area contributed by atoms with E-state index in [4.69, 9.17) is 0 Å². The monoisotopic (exact) mass is 336 g/mol. The molecule has 3 aromatic rings. The highest BCUT2D eigenvalue weighted by Crippen LogP contribution is 2.22. The fourth-order valence-electron chi connectivity index (χ4n) is 2.51. The number of rotatable bonds is 3. The maximum atomic E-state index is 13.3. The van der Waals surface area contributed by atoms with Gasteiger partial charge in [-0.05, 0) is 54.4 Å². The number of aryl methyl sites for hydroxylation is 1. The van der Waals surface area contributed by atoms with Crippen LogP contribution < -0.4 is 10.9 Å². The molecule has 25 heavy (non-hydrogen) atoms. The van der Waals surface area contributed by atoms with E-state index in [0.717, 1.165) is 16.8 Å². The fourth-order valence-corrected chi connectivity index (χ4v) is 2.51. The third-order valence-corrected chi connectivity index (χ3v) is 4.10.